The third kappa shape index (κ3) is 3.93. The summed E-state index contributed by atoms with van der Waals surface area (Å²) in [5, 5.41) is 5.31. The van der Waals surface area contributed by atoms with Crippen molar-refractivity contribution in [3.05, 3.63) is 77.9 Å². The zero-order valence-corrected chi connectivity index (χ0v) is 17.1. The molecular weight excluding hydrogens is 376 g/mol. The Morgan fingerprint density at radius 3 is 2.43 bits per heavy atom. The van der Waals surface area contributed by atoms with Gasteiger partial charge in [-0.3, -0.25) is 0 Å². The summed E-state index contributed by atoms with van der Waals surface area (Å²) in [4.78, 5) is 9.31. The number of hydrogen-bond acceptors (Lipinski definition) is 6. The predicted molar refractivity (Wildman–Crippen MR) is 120 cm³/mol. The summed E-state index contributed by atoms with van der Waals surface area (Å²) in [7, 11) is 3.20. The first-order chi connectivity index (χ1) is 14.7. The van der Waals surface area contributed by atoms with Gasteiger partial charge >= 0.3 is 0 Å². The number of hydrazone groups is 1. The number of fused-ring (bicyclic) bond motifs is 1. The van der Waals surface area contributed by atoms with Crippen molar-refractivity contribution in [1.82, 2.24) is 9.97 Å². The van der Waals surface area contributed by atoms with E-state index in [0.29, 0.717) is 17.4 Å². The molecule has 0 spiro atoms. The molecule has 0 aliphatic heterocycles. The predicted octanol–water partition coefficient (Wildman–Crippen LogP) is 5.07. The van der Waals surface area contributed by atoms with Crippen LogP contribution in [0.15, 0.2) is 71.8 Å². The Bertz CT molecular complexity index is 1200. The van der Waals surface area contributed by atoms with Gasteiger partial charge in [-0.25, -0.2) is 15.4 Å². The molecule has 4 rings (SSSR count). The Balaban J connectivity index is 1.69. The lowest BCUT2D eigenvalue weighted by Crippen LogP contribution is -2.01. The van der Waals surface area contributed by atoms with E-state index in [4.69, 9.17) is 14.5 Å². The number of ether oxygens (including phenoxy) is 2. The highest BCUT2D eigenvalue weighted by atomic mass is 16.5. The minimum atomic E-state index is 0.419. The van der Waals surface area contributed by atoms with Crippen LogP contribution in [0.2, 0.25) is 0 Å². The van der Waals surface area contributed by atoms with Crippen LogP contribution in [0.3, 0.4) is 0 Å². The van der Waals surface area contributed by atoms with Crippen molar-refractivity contribution in [2.75, 3.05) is 19.6 Å². The summed E-state index contributed by atoms with van der Waals surface area (Å²) in [6, 6.07) is 21.8. The molecule has 3 aromatic carbocycles. The minimum Gasteiger partial charge on any atom is -0.493 e. The van der Waals surface area contributed by atoms with Crippen LogP contribution in [-0.4, -0.2) is 30.4 Å². The highest BCUT2D eigenvalue weighted by Crippen LogP contribution is 2.30. The van der Waals surface area contributed by atoms with Gasteiger partial charge in [-0.2, -0.15) is 5.10 Å². The second-order valence-electron chi connectivity index (χ2n) is 6.73. The summed E-state index contributed by atoms with van der Waals surface area (Å²) in [5.74, 6) is 1.68. The van der Waals surface area contributed by atoms with E-state index in [1.54, 1.807) is 20.4 Å². The van der Waals surface area contributed by atoms with E-state index < -0.39 is 0 Å². The van der Waals surface area contributed by atoms with E-state index in [-0.39, 0.29) is 0 Å². The highest BCUT2D eigenvalue weighted by molar-refractivity contribution is 5.93. The summed E-state index contributed by atoms with van der Waals surface area (Å²) in [6.45, 7) is 2.07. The molecule has 6 nitrogen and oxygen atoms in total. The van der Waals surface area contributed by atoms with E-state index in [0.717, 1.165) is 27.7 Å². The third-order valence-electron chi connectivity index (χ3n) is 4.73. The maximum atomic E-state index is 5.44. The van der Waals surface area contributed by atoms with E-state index in [1.165, 1.54) is 5.56 Å². The SMILES string of the molecule is COc1cccc(C=NNc2nc(-c3ccc(C)cc3)c3ccccc3n2)c1OC. The molecule has 0 atom stereocenters. The van der Waals surface area contributed by atoms with Crippen molar-refractivity contribution in [1.29, 1.82) is 0 Å². The maximum absolute atomic E-state index is 5.44. The smallest absolute Gasteiger partial charge is 0.244 e. The molecule has 1 N–H and O–H groups in total. The van der Waals surface area contributed by atoms with E-state index in [1.807, 2.05) is 42.5 Å². The first-order valence-corrected chi connectivity index (χ1v) is 9.53. The molecule has 0 saturated carbocycles. The number of hydrogen-bond donors (Lipinski definition) is 1. The van der Waals surface area contributed by atoms with Crippen LogP contribution in [0.5, 0.6) is 11.5 Å². The molecule has 0 aliphatic rings. The Hall–Kier alpha value is -3.93. The molecule has 1 heterocycles. The van der Waals surface area contributed by atoms with Crippen LogP contribution < -0.4 is 14.9 Å². The molecule has 0 radical (unpaired) electrons. The number of methoxy groups -OCH3 is 2. The summed E-state index contributed by atoms with van der Waals surface area (Å²) in [6.07, 6.45) is 1.66. The van der Waals surface area contributed by atoms with Gasteiger partial charge in [-0.1, -0.05) is 54.1 Å². The Morgan fingerprint density at radius 2 is 1.67 bits per heavy atom. The largest absolute Gasteiger partial charge is 0.493 e. The number of anilines is 1. The Morgan fingerprint density at radius 1 is 0.867 bits per heavy atom. The van der Waals surface area contributed by atoms with Gasteiger partial charge in [0.2, 0.25) is 5.95 Å². The first-order valence-electron chi connectivity index (χ1n) is 9.53. The second-order valence-corrected chi connectivity index (χ2v) is 6.73. The molecule has 30 heavy (non-hydrogen) atoms. The monoisotopic (exact) mass is 398 g/mol. The van der Waals surface area contributed by atoms with E-state index in [9.17, 15) is 0 Å². The van der Waals surface area contributed by atoms with Gasteiger partial charge in [-0.15, -0.1) is 0 Å². The minimum absolute atomic E-state index is 0.419. The van der Waals surface area contributed by atoms with Crippen LogP contribution in [-0.2, 0) is 0 Å². The maximum Gasteiger partial charge on any atom is 0.244 e. The molecule has 1 aromatic heterocycles. The number of benzene rings is 3. The fraction of sp³-hybridized carbons (Fsp3) is 0.125. The fourth-order valence-corrected chi connectivity index (χ4v) is 3.23. The van der Waals surface area contributed by atoms with Crippen molar-refractivity contribution in [2.45, 2.75) is 6.92 Å². The number of nitrogens with zero attached hydrogens (tertiary/aromatic N) is 3. The standard InChI is InChI=1S/C24H22N4O2/c1-16-11-13-17(14-12-16)22-19-8-4-5-9-20(19)26-24(27-22)28-25-15-18-7-6-10-21(29-2)23(18)30-3/h4-15H,1-3H3,(H,26,27,28). The molecule has 0 bridgehead atoms. The van der Waals surface area contributed by atoms with Crippen molar-refractivity contribution >= 4 is 23.1 Å². The van der Waals surface area contributed by atoms with Gasteiger partial charge in [0.25, 0.3) is 0 Å². The molecule has 0 fully saturated rings. The highest BCUT2D eigenvalue weighted by Gasteiger charge is 2.10. The van der Waals surface area contributed by atoms with Gasteiger partial charge in [0, 0.05) is 16.5 Å². The molecule has 0 amide bonds. The average Bonchev–Trinajstić information content (AvgIpc) is 2.79. The summed E-state index contributed by atoms with van der Waals surface area (Å²) in [5.41, 5.74) is 7.66. The van der Waals surface area contributed by atoms with Crippen LogP contribution >= 0.6 is 0 Å². The van der Waals surface area contributed by atoms with Crippen LogP contribution in [0.4, 0.5) is 5.95 Å². The van der Waals surface area contributed by atoms with Gasteiger partial charge in [0.15, 0.2) is 11.5 Å². The number of aromatic nitrogens is 2. The lowest BCUT2D eigenvalue weighted by Gasteiger charge is -2.10. The van der Waals surface area contributed by atoms with Crippen LogP contribution in [0, 0.1) is 6.92 Å². The second kappa shape index (κ2) is 8.61. The van der Waals surface area contributed by atoms with Gasteiger partial charge in [0.05, 0.1) is 31.6 Å². The lowest BCUT2D eigenvalue weighted by molar-refractivity contribution is 0.354. The first kappa shape index (κ1) is 19.4. The van der Waals surface area contributed by atoms with Crippen molar-refractivity contribution < 1.29 is 9.47 Å². The van der Waals surface area contributed by atoms with E-state index >= 15 is 0 Å². The van der Waals surface area contributed by atoms with Crippen LogP contribution in [0.1, 0.15) is 11.1 Å². The van der Waals surface area contributed by atoms with Crippen molar-refractivity contribution in [2.24, 2.45) is 5.10 Å². The molecule has 150 valence electrons. The molecule has 4 aromatic rings. The zero-order valence-electron chi connectivity index (χ0n) is 17.1. The average molecular weight is 398 g/mol. The Labute approximate surface area is 175 Å². The number of rotatable bonds is 6. The third-order valence-corrected chi connectivity index (χ3v) is 4.73. The quantitative estimate of drug-likeness (QED) is 0.363. The Kier molecular flexibility index (Phi) is 5.57. The number of para-hydroxylation sites is 2. The van der Waals surface area contributed by atoms with E-state index in [2.05, 4.69) is 46.7 Å². The van der Waals surface area contributed by atoms with Crippen molar-refractivity contribution in [3.8, 4) is 22.8 Å². The molecule has 0 aliphatic carbocycles. The van der Waals surface area contributed by atoms with Crippen molar-refractivity contribution in [3.63, 3.8) is 0 Å². The zero-order chi connectivity index (χ0) is 20.9. The fourth-order valence-electron chi connectivity index (χ4n) is 3.23. The topological polar surface area (TPSA) is 68.6 Å². The van der Waals surface area contributed by atoms with Gasteiger partial charge in [0.1, 0.15) is 0 Å². The molecule has 0 unspecified atom stereocenters. The molecular formula is C24H22N4O2. The molecule has 0 saturated heterocycles. The molecule has 6 heteroatoms. The number of aryl methyl sites for hydroxylation is 1. The van der Waals surface area contributed by atoms with Gasteiger partial charge < -0.3 is 9.47 Å². The summed E-state index contributed by atoms with van der Waals surface area (Å²) >= 11 is 0. The summed E-state index contributed by atoms with van der Waals surface area (Å²) < 4.78 is 10.8. The lowest BCUT2D eigenvalue weighted by atomic mass is 10.1. The normalized spacial score (nSPS) is 11.0. The van der Waals surface area contributed by atoms with Gasteiger partial charge in [-0.05, 0) is 25.1 Å². The van der Waals surface area contributed by atoms with Crippen LogP contribution in [0.25, 0.3) is 22.2 Å². The number of nitrogens with one attached hydrogen (secondary N) is 1.